The predicted octanol–water partition coefficient (Wildman–Crippen LogP) is 7.51. The molecule has 1 aliphatic rings. The van der Waals surface area contributed by atoms with Gasteiger partial charge in [0.25, 0.3) is 5.56 Å². The highest BCUT2D eigenvalue weighted by atomic mass is 35.5. The summed E-state index contributed by atoms with van der Waals surface area (Å²) < 4.78 is 70.3. The highest BCUT2D eigenvalue weighted by molar-refractivity contribution is 7.68. The summed E-state index contributed by atoms with van der Waals surface area (Å²) in [6.07, 6.45) is 13.1. The largest absolute Gasteiger partial charge is 0.488 e. The molecule has 2 heterocycles. The number of alkyl halides is 1. The Bertz CT molecular complexity index is 1320. The Kier molecular flexibility index (Phi) is 18.7. The van der Waals surface area contributed by atoms with Crippen molar-refractivity contribution in [2.24, 2.45) is 0 Å². The number of halogens is 2. The lowest BCUT2D eigenvalue weighted by molar-refractivity contribution is -0.0349. The van der Waals surface area contributed by atoms with Crippen molar-refractivity contribution in [3.63, 3.8) is 0 Å². The van der Waals surface area contributed by atoms with Crippen LogP contribution in [0.15, 0.2) is 15.8 Å². The molecule has 19 heteroatoms. The quantitative estimate of drug-likeness (QED) is 0.0568. The summed E-state index contributed by atoms with van der Waals surface area (Å²) in [5, 5.41) is -0.360. The van der Waals surface area contributed by atoms with Gasteiger partial charge in [-0.25, -0.2) is 22.6 Å². The Labute approximate surface area is 274 Å². The Balaban J connectivity index is 1.61. The summed E-state index contributed by atoms with van der Waals surface area (Å²) in [5.74, 6) is 0. The topological polar surface area (TPSA) is 204 Å². The minimum absolute atomic E-state index is 0.223. The van der Waals surface area contributed by atoms with Crippen LogP contribution in [0.3, 0.4) is 0 Å². The van der Waals surface area contributed by atoms with E-state index in [0.717, 1.165) is 36.4 Å². The Morgan fingerprint density at radius 3 is 1.89 bits per heavy atom. The van der Waals surface area contributed by atoms with Gasteiger partial charge >= 0.3 is 28.9 Å². The van der Waals surface area contributed by atoms with Crippen molar-refractivity contribution in [3.05, 3.63) is 32.1 Å². The number of unbranched alkanes of at least 4 members (excludes halogenated alkanes) is 15. The van der Waals surface area contributed by atoms with Crippen LogP contribution in [0, 0.1) is 0 Å². The second kappa shape index (κ2) is 20.7. The molecule has 0 saturated carbocycles. The number of rotatable bonds is 25. The maximum absolute atomic E-state index is 14.5. The van der Waals surface area contributed by atoms with E-state index in [4.69, 9.17) is 16.3 Å². The van der Waals surface area contributed by atoms with E-state index in [1.807, 2.05) is 4.98 Å². The fourth-order valence-electron chi connectivity index (χ4n) is 5.08. The molecule has 0 bridgehead atoms. The highest BCUT2D eigenvalue weighted by Crippen LogP contribution is 2.67. The first-order valence-corrected chi connectivity index (χ1v) is 21.1. The van der Waals surface area contributed by atoms with Gasteiger partial charge in [0.1, 0.15) is 23.5 Å². The van der Waals surface area contributed by atoms with Gasteiger partial charge in [-0.3, -0.25) is 23.4 Å². The molecule has 268 valence electrons. The van der Waals surface area contributed by atoms with Gasteiger partial charge in [0, 0.05) is 12.6 Å². The summed E-state index contributed by atoms with van der Waals surface area (Å²) in [6, 6.07) is 0. The minimum atomic E-state index is -5.56. The first kappa shape index (κ1) is 41.5. The summed E-state index contributed by atoms with van der Waals surface area (Å²) in [7, 11) is -15.6. The van der Waals surface area contributed by atoms with Crippen molar-refractivity contribution in [2.45, 2.75) is 135 Å². The molecular weight excluding hydrogens is 692 g/mol. The Morgan fingerprint density at radius 1 is 0.870 bits per heavy atom. The van der Waals surface area contributed by atoms with E-state index >= 15 is 0 Å². The van der Waals surface area contributed by atoms with Crippen LogP contribution in [0.1, 0.15) is 122 Å². The summed E-state index contributed by atoms with van der Waals surface area (Å²) in [4.78, 5) is 55.0. The van der Waals surface area contributed by atoms with Gasteiger partial charge in [-0.15, -0.1) is 0 Å². The number of aromatic amines is 1. The molecule has 1 aromatic heterocycles. The van der Waals surface area contributed by atoms with Crippen molar-refractivity contribution in [1.29, 1.82) is 0 Å². The third-order valence-electron chi connectivity index (χ3n) is 7.53. The van der Waals surface area contributed by atoms with E-state index in [0.29, 0.717) is 6.42 Å². The van der Waals surface area contributed by atoms with Crippen LogP contribution in [0.4, 0.5) is 4.39 Å². The lowest BCUT2D eigenvalue weighted by Gasteiger charge is -2.20. The molecular formula is C27H49ClFN2O12P3. The van der Waals surface area contributed by atoms with Crippen LogP contribution in [-0.4, -0.2) is 49.3 Å². The average Bonchev–Trinajstić information content (AvgIpc) is 3.32. The average molecular weight is 741 g/mol. The molecule has 1 aromatic rings. The molecule has 6 atom stereocenters. The van der Waals surface area contributed by atoms with Crippen LogP contribution in [-0.2, 0) is 31.6 Å². The van der Waals surface area contributed by atoms with Crippen molar-refractivity contribution < 1.29 is 50.6 Å². The van der Waals surface area contributed by atoms with Gasteiger partial charge in [0.05, 0.1) is 12.8 Å². The zero-order valence-corrected chi connectivity index (χ0v) is 29.7. The maximum atomic E-state index is 14.5. The summed E-state index contributed by atoms with van der Waals surface area (Å²) >= 11 is 5.69. The second-order valence-electron chi connectivity index (χ2n) is 11.6. The lowest BCUT2D eigenvalue weighted by Crippen LogP contribution is -2.32. The van der Waals surface area contributed by atoms with E-state index in [1.165, 1.54) is 64.2 Å². The molecule has 1 aliphatic heterocycles. The van der Waals surface area contributed by atoms with Gasteiger partial charge in [0.2, 0.25) is 0 Å². The zero-order chi connectivity index (χ0) is 34.2. The molecule has 0 aromatic carbocycles. The Hall–Kier alpha value is -0.690. The van der Waals surface area contributed by atoms with Gasteiger partial charge < -0.3 is 19.4 Å². The van der Waals surface area contributed by atoms with E-state index in [9.17, 15) is 42.4 Å². The number of nitrogens with one attached hydrogen (secondary N) is 1. The van der Waals surface area contributed by atoms with Gasteiger partial charge in [-0.05, 0) is 6.42 Å². The third-order valence-corrected chi connectivity index (χ3v) is 12.7. The van der Waals surface area contributed by atoms with Crippen LogP contribution in [0.5, 0.6) is 0 Å². The molecule has 0 spiro atoms. The molecule has 0 amide bonds. The number of ether oxygens (including phenoxy) is 1. The molecule has 0 aliphatic carbocycles. The van der Waals surface area contributed by atoms with Crippen LogP contribution in [0.25, 0.3) is 0 Å². The van der Waals surface area contributed by atoms with E-state index in [1.54, 1.807) is 0 Å². The van der Waals surface area contributed by atoms with Gasteiger partial charge in [0.15, 0.2) is 0 Å². The molecule has 1 fully saturated rings. The smallest absolute Gasteiger partial charge is 0.349 e. The maximum Gasteiger partial charge on any atom is 0.488 e. The zero-order valence-electron chi connectivity index (χ0n) is 26.3. The third kappa shape index (κ3) is 16.6. The van der Waals surface area contributed by atoms with Crippen LogP contribution in [0.2, 0.25) is 5.02 Å². The van der Waals surface area contributed by atoms with Crippen molar-refractivity contribution in [2.75, 3.05) is 12.8 Å². The molecule has 4 unspecified atom stereocenters. The van der Waals surface area contributed by atoms with E-state index in [2.05, 4.69) is 20.1 Å². The van der Waals surface area contributed by atoms with Gasteiger partial charge in [-0.2, -0.15) is 4.31 Å². The molecule has 1 saturated heterocycles. The van der Waals surface area contributed by atoms with Crippen molar-refractivity contribution in [3.8, 4) is 0 Å². The summed E-state index contributed by atoms with van der Waals surface area (Å²) in [5.41, 5.74) is -1.79. The molecule has 0 radical (unpaired) electrons. The monoisotopic (exact) mass is 740 g/mol. The van der Waals surface area contributed by atoms with Crippen molar-refractivity contribution >= 4 is 34.8 Å². The number of H-pyrrole nitrogens is 1. The van der Waals surface area contributed by atoms with E-state index < -0.39 is 72.2 Å². The summed E-state index contributed by atoms with van der Waals surface area (Å²) in [6.45, 7) is 1.26. The standard InChI is InChI=1S/C27H49ClFN2O12P3/c1-2-3-4-5-6-7-8-9-10-11-12-13-14-15-16-17-18-44(34,35)42-46(38,39)43-45(36,37)40-21-24-23(29)19-25(41-24)31-20-22(28)26(32)30-27(31)33/h20,23-25H,2-19,21H2,1H3,(H,34,35)(H,36,37)(H,38,39)(H,30,32,33)/t23?,24-,25-/m1/s1. The molecule has 2 rings (SSSR count). The molecule has 14 nitrogen and oxygen atoms in total. The number of phosphoric acid groups is 2. The number of hydrogen-bond donors (Lipinski definition) is 4. The number of nitrogens with zero attached hydrogens (tertiary/aromatic N) is 1. The number of hydrogen-bond acceptors (Lipinski definition) is 9. The van der Waals surface area contributed by atoms with Crippen LogP contribution < -0.4 is 11.2 Å². The SMILES string of the molecule is CCCCCCCCCCCCCCCCCCP(=O)(O)OP(=O)(O)OP(=O)(O)OC[C@H]1O[C@@H](n2cc(Cl)c(=O)[nH]c2=O)CC1F. The van der Waals surface area contributed by atoms with Crippen LogP contribution >= 0.6 is 34.8 Å². The second-order valence-corrected chi connectivity index (χ2v) is 17.2. The molecule has 4 N–H and O–H groups in total. The van der Waals surface area contributed by atoms with Crippen molar-refractivity contribution in [1.82, 2.24) is 9.55 Å². The first-order valence-electron chi connectivity index (χ1n) is 16.0. The molecule has 46 heavy (non-hydrogen) atoms. The number of phosphoric ester groups is 1. The fourth-order valence-corrected chi connectivity index (χ4v) is 9.43. The normalized spacial score (nSPS) is 22.3. The predicted molar refractivity (Wildman–Crippen MR) is 172 cm³/mol. The Morgan fingerprint density at radius 2 is 1.37 bits per heavy atom. The number of aromatic nitrogens is 2. The van der Waals surface area contributed by atoms with Gasteiger partial charge in [-0.1, -0.05) is 115 Å². The van der Waals surface area contributed by atoms with E-state index in [-0.39, 0.29) is 11.4 Å². The lowest BCUT2D eigenvalue weighted by atomic mass is 10.0. The fraction of sp³-hybridized carbons (Fsp3) is 0.852. The first-order chi connectivity index (χ1) is 21.6. The minimum Gasteiger partial charge on any atom is -0.349 e. The highest BCUT2D eigenvalue weighted by Gasteiger charge is 2.43.